The molecular weight excluding hydrogens is 308 g/mol. The summed E-state index contributed by atoms with van der Waals surface area (Å²) in [7, 11) is 4.75. The lowest BCUT2D eigenvalue weighted by Crippen LogP contribution is -2.19. The Kier molecular flexibility index (Phi) is 6.19. The van der Waals surface area contributed by atoms with E-state index in [0.717, 1.165) is 16.9 Å². The Morgan fingerprint density at radius 1 is 1.00 bits per heavy atom. The summed E-state index contributed by atoms with van der Waals surface area (Å²) < 4.78 is 15.5. The molecule has 2 rings (SSSR count). The Morgan fingerprint density at radius 2 is 1.67 bits per heavy atom. The highest BCUT2D eigenvalue weighted by Crippen LogP contribution is 2.22. The molecule has 2 aromatic carbocycles. The Balaban J connectivity index is 1.94. The van der Waals surface area contributed by atoms with Crippen LogP contribution in [-0.4, -0.2) is 33.5 Å². The van der Waals surface area contributed by atoms with Crippen LogP contribution in [0, 0.1) is 0 Å². The van der Waals surface area contributed by atoms with Crippen molar-refractivity contribution in [2.75, 3.05) is 21.3 Å². The van der Waals surface area contributed by atoms with Gasteiger partial charge in [0.2, 0.25) is 5.91 Å². The van der Waals surface area contributed by atoms with Crippen molar-refractivity contribution in [2.24, 2.45) is 5.10 Å². The molecule has 126 valence electrons. The van der Waals surface area contributed by atoms with Crippen LogP contribution < -0.4 is 19.6 Å². The molecular formula is C18H20N2O4. The van der Waals surface area contributed by atoms with Gasteiger partial charge in [-0.25, -0.2) is 5.43 Å². The summed E-state index contributed by atoms with van der Waals surface area (Å²) >= 11 is 0. The normalized spacial score (nSPS) is 10.5. The number of rotatable bonds is 7. The van der Waals surface area contributed by atoms with Crippen molar-refractivity contribution >= 4 is 12.1 Å². The minimum atomic E-state index is -0.205. The van der Waals surface area contributed by atoms with E-state index in [9.17, 15) is 4.79 Å². The zero-order valence-corrected chi connectivity index (χ0v) is 13.9. The zero-order valence-electron chi connectivity index (χ0n) is 13.9. The largest absolute Gasteiger partial charge is 0.497 e. The molecule has 0 saturated heterocycles. The van der Waals surface area contributed by atoms with Gasteiger partial charge >= 0.3 is 0 Å². The molecule has 0 unspecified atom stereocenters. The molecule has 6 nitrogen and oxygen atoms in total. The molecule has 0 saturated carbocycles. The molecule has 0 radical (unpaired) electrons. The molecule has 24 heavy (non-hydrogen) atoms. The van der Waals surface area contributed by atoms with Gasteiger partial charge in [-0.05, 0) is 29.8 Å². The highest BCUT2D eigenvalue weighted by Gasteiger charge is 2.04. The first-order chi connectivity index (χ1) is 11.7. The minimum absolute atomic E-state index is 0.205. The summed E-state index contributed by atoms with van der Waals surface area (Å²) in [5, 5.41) is 3.97. The Morgan fingerprint density at radius 3 is 2.29 bits per heavy atom. The molecule has 0 aliphatic heterocycles. The molecule has 0 heterocycles. The van der Waals surface area contributed by atoms with Gasteiger partial charge in [-0.1, -0.05) is 12.1 Å². The number of methoxy groups -OCH3 is 3. The molecule has 0 spiro atoms. The molecule has 0 aliphatic rings. The second-order valence-electron chi connectivity index (χ2n) is 4.93. The topological polar surface area (TPSA) is 69.2 Å². The van der Waals surface area contributed by atoms with E-state index in [-0.39, 0.29) is 12.3 Å². The predicted octanol–water partition coefficient (Wildman–Crippen LogP) is 2.41. The molecule has 0 aromatic heterocycles. The monoisotopic (exact) mass is 328 g/mol. The Bertz CT molecular complexity index is 711. The van der Waals surface area contributed by atoms with Crippen LogP contribution >= 0.6 is 0 Å². The molecule has 2 aromatic rings. The molecule has 1 N–H and O–H groups in total. The van der Waals surface area contributed by atoms with Gasteiger partial charge in [0.25, 0.3) is 0 Å². The number of hydrogen-bond acceptors (Lipinski definition) is 5. The maximum atomic E-state index is 11.9. The fourth-order valence-corrected chi connectivity index (χ4v) is 2.07. The smallest absolute Gasteiger partial charge is 0.244 e. The van der Waals surface area contributed by atoms with Crippen molar-refractivity contribution in [1.29, 1.82) is 0 Å². The van der Waals surface area contributed by atoms with Crippen LogP contribution in [0.1, 0.15) is 11.1 Å². The van der Waals surface area contributed by atoms with Crippen LogP contribution in [0.2, 0.25) is 0 Å². The van der Waals surface area contributed by atoms with Crippen LogP contribution in [0.15, 0.2) is 47.6 Å². The zero-order chi connectivity index (χ0) is 17.4. The number of nitrogens with one attached hydrogen (secondary N) is 1. The molecule has 0 fully saturated rings. The van der Waals surface area contributed by atoms with Crippen molar-refractivity contribution < 1.29 is 19.0 Å². The Hall–Kier alpha value is -3.02. The van der Waals surface area contributed by atoms with E-state index in [2.05, 4.69) is 10.5 Å². The van der Waals surface area contributed by atoms with E-state index in [1.54, 1.807) is 39.5 Å². The van der Waals surface area contributed by atoms with E-state index >= 15 is 0 Å². The third-order valence-electron chi connectivity index (χ3n) is 3.36. The van der Waals surface area contributed by atoms with Gasteiger partial charge in [0.1, 0.15) is 17.2 Å². The van der Waals surface area contributed by atoms with E-state index in [1.165, 1.54) is 6.21 Å². The van der Waals surface area contributed by atoms with Crippen molar-refractivity contribution in [3.63, 3.8) is 0 Å². The van der Waals surface area contributed by atoms with Gasteiger partial charge in [0.05, 0.1) is 34.0 Å². The van der Waals surface area contributed by atoms with E-state index < -0.39 is 0 Å². The average molecular weight is 328 g/mol. The highest BCUT2D eigenvalue weighted by atomic mass is 16.5. The standard InChI is InChI=1S/C18H20N2O4/c1-22-15-7-4-13(5-8-15)10-18(21)20-19-12-14-6-9-16(23-2)11-17(14)24-3/h4-9,11-12H,10H2,1-3H3,(H,20,21)/b19-12-. The lowest BCUT2D eigenvalue weighted by atomic mass is 10.1. The van der Waals surface area contributed by atoms with Gasteiger partial charge in [0.15, 0.2) is 0 Å². The average Bonchev–Trinajstić information content (AvgIpc) is 2.62. The number of ether oxygens (including phenoxy) is 3. The van der Waals surface area contributed by atoms with Crippen LogP contribution in [0.25, 0.3) is 0 Å². The van der Waals surface area contributed by atoms with Gasteiger partial charge in [0, 0.05) is 11.6 Å². The summed E-state index contributed by atoms with van der Waals surface area (Å²) in [5.41, 5.74) is 4.12. The summed E-state index contributed by atoms with van der Waals surface area (Å²) in [5.74, 6) is 1.85. The number of benzene rings is 2. The third-order valence-corrected chi connectivity index (χ3v) is 3.36. The SMILES string of the molecule is COc1ccc(CC(=O)N/N=C\c2ccc(OC)cc2OC)cc1. The fraction of sp³-hybridized carbons (Fsp3) is 0.222. The summed E-state index contributed by atoms with van der Waals surface area (Å²) in [6.07, 6.45) is 1.77. The van der Waals surface area contributed by atoms with Crippen molar-refractivity contribution in [2.45, 2.75) is 6.42 Å². The number of hydrazone groups is 1. The van der Waals surface area contributed by atoms with Crippen molar-refractivity contribution in [1.82, 2.24) is 5.43 Å². The number of carbonyl (C=O) groups excluding carboxylic acids is 1. The maximum Gasteiger partial charge on any atom is 0.244 e. The van der Waals surface area contributed by atoms with E-state index in [4.69, 9.17) is 14.2 Å². The van der Waals surface area contributed by atoms with Crippen molar-refractivity contribution in [3.8, 4) is 17.2 Å². The van der Waals surface area contributed by atoms with Gasteiger partial charge in [-0.15, -0.1) is 0 Å². The third kappa shape index (κ3) is 4.74. The van der Waals surface area contributed by atoms with Crippen LogP contribution in [0.4, 0.5) is 0 Å². The molecule has 0 atom stereocenters. The summed E-state index contributed by atoms with van der Waals surface area (Å²) in [6, 6.07) is 12.7. The van der Waals surface area contributed by atoms with Crippen LogP contribution in [-0.2, 0) is 11.2 Å². The quantitative estimate of drug-likeness (QED) is 0.626. The van der Waals surface area contributed by atoms with Crippen LogP contribution in [0.3, 0.4) is 0 Å². The minimum Gasteiger partial charge on any atom is -0.497 e. The Labute approximate surface area is 141 Å². The van der Waals surface area contributed by atoms with E-state index in [1.807, 2.05) is 24.3 Å². The second kappa shape index (κ2) is 8.57. The van der Waals surface area contributed by atoms with Gasteiger partial charge < -0.3 is 14.2 Å². The highest BCUT2D eigenvalue weighted by molar-refractivity contribution is 5.86. The van der Waals surface area contributed by atoms with Crippen molar-refractivity contribution in [3.05, 3.63) is 53.6 Å². The fourth-order valence-electron chi connectivity index (χ4n) is 2.07. The summed E-state index contributed by atoms with van der Waals surface area (Å²) in [6.45, 7) is 0. The van der Waals surface area contributed by atoms with Crippen LogP contribution in [0.5, 0.6) is 17.2 Å². The maximum absolute atomic E-state index is 11.9. The number of hydrogen-bond donors (Lipinski definition) is 1. The molecule has 0 bridgehead atoms. The molecule has 0 aliphatic carbocycles. The number of amides is 1. The lowest BCUT2D eigenvalue weighted by Gasteiger charge is -2.07. The summed E-state index contributed by atoms with van der Waals surface area (Å²) in [4.78, 5) is 11.9. The van der Waals surface area contributed by atoms with Gasteiger partial charge in [-0.2, -0.15) is 5.10 Å². The first kappa shape index (κ1) is 17.3. The lowest BCUT2D eigenvalue weighted by molar-refractivity contribution is -0.120. The first-order valence-corrected chi connectivity index (χ1v) is 7.33. The molecule has 1 amide bonds. The molecule has 6 heteroatoms. The second-order valence-corrected chi connectivity index (χ2v) is 4.93. The predicted molar refractivity (Wildman–Crippen MR) is 92.0 cm³/mol. The number of carbonyl (C=O) groups is 1. The number of nitrogens with zero attached hydrogens (tertiary/aromatic N) is 1. The first-order valence-electron chi connectivity index (χ1n) is 7.33. The van der Waals surface area contributed by atoms with E-state index in [0.29, 0.717) is 11.5 Å². The van der Waals surface area contributed by atoms with Gasteiger partial charge in [-0.3, -0.25) is 4.79 Å².